The van der Waals surface area contributed by atoms with Gasteiger partial charge in [-0.3, -0.25) is 4.79 Å². The van der Waals surface area contributed by atoms with Crippen LogP contribution in [0, 0.1) is 19.7 Å². The van der Waals surface area contributed by atoms with Crippen LogP contribution in [0.1, 0.15) is 27.3 Å². The number of fused-ring (bicyclic) bond motifs is 2. The molecule has 8 heteroatoms. The van der Waals surface area contributed by atoms with E-state index in [0.29, 0.717) is 35.4 Å². The van der Waals surface area contributed by atoms with Gasteiger partial charge in [0.05, 0.1) is 5.52 Å². The molecule has 160 valence electrons. The summed E-state index contributed by atoms with van der Waals surface area (Å²) in [6.45, 7) is 3.80. The molecular formula is C23H22FN3O4. The van der Waals surface area contributed by atoms with Crippen molar-refractivity contribution in [2.24, 2.45) is 0 Å². The molecule has 0 saturated heterocycles. The molecular weight excluding hydrogens is 401 g/mol. The molecule has 0 atom stereocenters. The molecule has 31 heavy (non-hydrogen) atoms. The number of hydrogen-bond acceptors (Lipinski definition) is 3. The number of carboxylic acids is 1. The van der Waals surface area contributed by atoms with Gasteiger partial charge in [-0.25, -0.2) is 9.18 Å². The number of aryl methyl sites for hydroxylation is 2. The Hall–Kier alpha value is -3.81. The van der Waals surface area contributed by atoms with Gasteiger partial charge >= 0.3 is 5.97 Å². The second-order valence-electron chi connectivity index (χ2n) is 7.46. The largest absolute Gasteiger partial charge is 0.482 e. The molecule has 0 saturated carbocycles. The Kier molecular flexibility index (Phi) is 5.37. The molecule has 1 amide bonds. The van der Waals surface area contributed by atoms with E-state index in [1.165, 1.54) is 6.07 Å². The van der Waals surface area contributed by atoms with Crippen LogP contribution in [-0.2, 0) is 11.2 Å². The molecule has 0 radical (unpaired) electrons. The minimum atomic E-state index is -1.06. The molecule has 2 aromatic heterocycles. The van der Waals surface area contributed by atoms with Crippen molar-refractivity contribution in [2.75, 3.05) is 13.2 Å². The normalized spacial score (nSPS) is 11.2. The van der Waals surface area contributed by atoms with Crippen LogP contribution in [0.5, 0.6) is 5.75 Å². The van der Waals surface area contributed by atoms with E-state index >= 15 is 0 Å². The van der Waals surface area contributed by atoms with Gasteiger partial charge in [-0.05, 0) is 55.7 Å². The van der Waals surface area contributed by atoms with Crippen molar-refractivity contribution in [3.63, 3.8) is 0 Å². The van der Waals surface area contributed by atoms with E-state index in [0.717, 1.165) is 27.6 Å². The fourth-order valence-corrected chi connectivity index (χ4v) is 3.82. The number of H-pyrrole nitrogens is 2. The first-order valence-corrected chi connectivity index (χ1v) is 9.85. The summed E-state index contributed by atoms with van der Waals surface area (Å²) < 4.78 is 19.3. The number of carbonyl (C=O) groups excluding carboxylic acids is 1. The fraction of sp³-hybridized carbons (Fsp3) is 0.217. The molecule has 4 aromatic rings. The summed E-state index contributed by atoms with van der Waals surface area (Å²) in [5.74, 6) is -1.20. The van der Waals surface area contributed by atoms with Gasteiger partial charge < -0.3 is 25.1 Å². The van der Waals surface area contributed by atoms with Crippen LogP contribution in [0.15, 0.2) is 36.4 Å². The number of rotatable bonds is 7. The minimum Gasteiger partial charge on any atom is -0.482 e. The van der Waals surface area contributed by atoms with Gasteiger partial charge in [0, 0.05) is 34.6 Å². The third kappa shape index (κ3) is 4.09. The highest BCUT2D eigenvalue weighted by Crippen LogP contribution is 2.28. The number of carboxylic acid groups (broad SMARTS) is 1. The van der Waals surface area contributed by atoms with Crippen LogP contribution in [-0.4, -0.2) is 40.1 Å². The molecule has 0 unspecified atom stereocenters. The number of aromatic nitrogens is 2. The SMILES string of the molecule is Cc1[nH]c2c(F)ccc(C)c2c1CCNC(=O)c1cc2ccc(OCC(=O)O)cc2[nH]1. The number of ether oxygens (including phenoxy) is 1. The Bertz CT molecular complexity index is 1310. The quantitative estimate of drug-likeness (QED) is 0.362. The van der Waals surface area contributed by atoms with Crippen LogP contribution in [0.3, 0.4) is 0 Å². The zero-order chi connectivity index (χ0) is 22.1. The molecule has 0 fully saturated rings. The Labute approximate surface area is 177 Å². The molecule has 0 aliphatic rings. The van der Waals surface area contributed by atoms with E-state index in [2.05, 4.69) is 15.3 Å². The van der Waals surface area contributed by atoms with Gasteiger partial charge in [-0.1, -0.05) is 6.07 Å². The first-order valence-electron chi connectivity index (χ1n) is 9.85. The molecule has 0 aliphatic carbocycles. The lowest BCUT2D eigenvalue weighted by atomic mass is 10.0. The van der Waals surface area contributed by atoms with Gasteiger partial charge in [0.15, 0.2) is 6.61 Å². The predicted octanol–water partition coefficient (Wildman–Crippen LogP) is 3.84. The third-order valence-electron chi connectivity index (χ3n) is 5.29. The van der Waals surface area contributed by atoms with Crippen molar-refractivity contribution in [1.29, 1.82) is 0 Å². The number of aromatic amines is 2. The van der Waals surface area contributed by atoms with Crippen LogP contribution < -0.4 is 10.1 Å². The zero-order valence-corrected chi connectivity index (χ0v) is 17.1. The van der Waals surface area contributed by atoms with E-state index < -0.39 is 12.6 Å². The second-order valence-corrected chi connectivity index (χ2v) is 7.46. The van der Waals surface area contributed by atoms with E-state index in [-0.39, 0.29) is 11.7 Å². The Morgan fingerprint density at radius 2 is 1.94 bits per heavy atom. The predicted molar refractivity (Wildman–Crippen MR) is 115 cm³/mol. The van der Waals surface area contributed by atoms with Crippen LogP contribution in [0.2, 0.25) is 0 Å². The number of carbonyl (C=O) groups is 2. The highest BCUT2D eigenvalue weighted by atomic mass is 19.1. The first kappa shape index (κ1) is 20.5. The smallest absolute Gasteiger partial charge is 0.341 e. The van der Waals surface area contributed by atoms with E-state index in [1.54, 1.807) is 30.3 Å². The molecule has 4 rings (SSSR count). The van der Waals surface area contributed by atoms with Gasteiger partial charge in [0.25, 0.3) is 5.91 Å². The summed E-state index contributed by atoms with van der Waals surface area (Å²) in [6.07, 6.45) is 0.565. The monoisotopic (exact) mass is 423 g/mol. The Balaban J connectivity index is 1.45. The molecule has 7 nitrogen and oxygen atoms in total. The van der Waals surface area contributed by atoms with Gasteiger partial charge in [-0.2, -0.15) is 0 Å². The van der Waals surface area contributed by atoms with Crippen molar-refractivity contribution in [3.8, 4) is 5.75 Å². The fourth-order valence-electron chi connectivity index (χ4n) is 3.82. The summed E-state index contributed by atoms with van der Waals surface area (Å²) in [5.41, 5.74) is 4.42. The number of hydrogen-bond donors (Lipinski definition) is 4. The van der Waals surface area contributed by atoms with Crippen LogP contribution in [0.25, 0.3) is 21.8 Å². The van der Waals surface area contributed by atoms with Gasteiger partial charge in [0.1, 0.15) is 17.3 Å². The van der Waals surface area contributed by atoms with Gasteiger partial charge in [0.2, 0.25) is 0 Å². The molecule has 0 spiro atoms. The summed E-state index contributed by atoms with van der Waals surface area (Å²) in [7, 11) is 0. The van der Waals surface area contributed by atoms with Crippen molar-refractivity contribution < 1.29 is 23.8 Å². The maximum atomic E-state index is 14.1. The molecule has 0 bridgehead atoms. The standard InChI is InChI=1S/C23H22FN3O4/c1-12-3-6-17(24)22-21(12)16(13(2)26-22)7-8-25-23(30)19-9-14-4-5-15(10-18(14)27-19)31-11-20(28)29/h3-6,9-10,26-27H,7-8,11H2,1-2H3,(H,25,30)(H,28,29). The zero-order valence-electron chi connectivity index (χ0n) is 17.1. The van der Waals surface area contributed by atoms with E-state index in [9.17, 15) is 14.0 Å². The van der Waals surface area contributed by atoms with Crippen molar-refractivity contribution in [1.82, 2.24) is 15.3 Å². The molecule has 2 heterocycles. The molecule has 2 aromatic carbocycles. The number of nitrogens with one attached hydrogen (secondary N) is 3. The summed E-state index contributed by atoms with van der Waals surface area (Å²) in [6, 6.07) is 10.00. The lowest BCUT2D eigenvalue weighted by Crippen LogP contribution is -2.26. The summed E-state index contributed by atoms with van der Waals surface area (Å²) >= 11 is 0. The van der Waals surface area contributed by atoms with Crippen molar-refractivity contribution in [3.05, 3.63) is 64.7 Å². The number of amides is 1. The number of benzene rings is 2. The Morgan fingerprint density at radius 1 is 1.13 bits per heavy atom. The molecule has 4 N–H and O–H groups in total. The average Bonchev–Trinajstić information content (AvgIpc) is 3.31. The van der Waals surface area contributed by atoms with E-state index in [4.69, 9.17) is 9.84 Å². The maximum absolute atomic E-state index is 14.1. The second kappa shape index (κ2) is 8.14. The topological polar surface area (TPSA) is 107 Å². The highest BCUT2D eigenvalue weighted by molar-refractivity contribution is 5.98. The average molecular weight is 423 g/mol. The maximum Gasteiger partial charge on any atom is 0.341 e. The number of halogens is 1. The third-order valence-corrected chi connectivity index (χ3v) is 5.29. The van der Waals surface area contributed by atoms with Crippen molar-refractivity contribution >= 4 is 33.7 Å². The van der Waals surface area contributed by atoms with Crippen molar-refractivity contribution in [2.45, 2.75) is 20.3 Å². The van der Waals surface area contributed by atoms with Crippen LogP contribution >= 0.6 is 0 Å². The first-order chi connectivity index (χ1) is 14.8. The highest BCUT2D eigenvalue weighted by Gasteiger charge is 2.15. The minimum absolute atomic E-state index is 0.260. The molecule has 0 aliphatic heterocycles. The number of aliphatic carboxylic acids is 1. The summed E-state index contributed by atoms with van der Waals surface area (Å²) in [5, 5.41) is 13.3. The van der Waals surface area contributed by atoms with Gasteiger partial charge in [-0.15, -0.1) is 0 Å². The van der Waals surface area contributed by atoms with Crippen LogP contribution in [0.4, 0.5) is 4.39 Å². The summed E-state index contributed by atoms with van der Waals surface area (Å²) in [4.78, 5) is 29.4. The van der Waals surface area contributed by atoms with E-state index in [1.807, 2.05) is 13.8 Å². The lowest BCUT2D eigenvalue weighted by molar-refractivity contribution is -0.139. The Morgan fingerprint density at radius 3 is 2.71 bits per heavy atom. The lowest BCUT2D eigenvalue weighted by Gasteiger charge is -2.06.